The Bertz CT molecular complexity index is 292. The van der Waals surface area contributed by atoms with Crippen molar-refractivity contribution in [3.05, 3.63) is 0 Å². The molecule has 0 bridgehead atoms. The smallest absolute Gasteiger partial charge is 0.326 e. The van der Waals surface area contributed by atoms with E-state index in [0.717, 1.165) is 19.3 Å². The van der Waals surface area contributed by atoms with Gasteiger partial charge in [-0.2, -0.15) is 0 Å². The lowest BCUT2D eigenvalue weighted by Gasteiger charge is -2.27. The molecule has 3 unspecified atom stereocenters. The fraction of sp³-hybridized carbons (Fsp3) is 0.800. The van der Waals surface area contributed by atoms with Crippen LogP contribution in [0, 0.1) is 0 Å². The molecule has 0 aliphatic carbocycles. The van der Waals surface area contributed by atoms with Crippen LogP contribution in [-0.2, 0) is 9.59 Å². The summed E-state index contributed by atoms with van der Waals surface area (Å²) in [5, 5.41) is 9.01. The van der Waals surface area contributed by atoms with Crippen LogP contribution >= 0.6 is 0 Å². The van der Waals surface area contributed by atoms with Crippen LogP contribution in [0.5, 0.6) is 0 Å². The lowest BCUT2D eigenvalue weighted by Crippen LogP contribution is -2.50. The highest BCUT2D eigenvalue weighted by molar-refractivity contribution is 5.88. The third kappa shape index (κ3) is 1.71. The second kappa shape index (κ2) is 3.81. The van der Waals surface area contributed by atoms with Crippen LogP contribution in [-0.4, -0.2) is 40.0 Å². The predicted molar refractivity (Wildman–Crippen MR) is 53.1 cm³/mol. The molecule has 5 heteroatoms. The lowest BCUT2D eigenvalue weighted by molar-refractivity contribution is -0.149. The van der Waals surface area contributed by atoms with Crippen molar-refractivity contribution in [2.45, 2.75) is 50.2 Å². The molecular weight excluding hydrogens is 196 g/mol. The molecule has 2 rings (SSSR count). The number of carboxylic acids is 1. The molecule has 2 fully saturated rings. The van der Waals surface area contributed by atoms with E-state index in [0.29, 0.717) is 12.8 Å². The molecular formula is C10H16N2O3. The van der Waals surface area contributed by atoms with Gasteiger partial charge in [-0.1, -0.05) is 0 Å². The van der Waals surface area contributed by atoms with Gasteiger partial charge in [-0.3, -0.25) is 4.79 Å². The van der Waals surface area contributed by atoms with Crippen LogP contribution in [0.4, 0.5) is 0 Å². The van der Waals surface area contributed by atoms with E-state index in [1.54, 1.807) is 0 Å². The van der Waals surface area contributed by atoms with Crippen molar-refractivity contribution in [2.75, 3.05) is 0 Å². The monoisotopic (exact) mass is 212 g/mol. The number of fused-ring (bicyclic) bond motifs is 1. The minimum atomic E-state index is -0.903. The first-order chi connectivity index (χ1) is 7.11. The number of carbonyl (C=O) groups excluding carboxylic acids is 1. The van der Waals surface area contributed by atoms with Gasteiger partial charge in [0.15, 0.2) is 0 Å². The van der Waals surface area contributed by atoms with E-state index in [2.05, 4.69) is 0 Å². The molecule has 1 amide bonds. The van der Waals surface area contributed by atoms with Crippen LogP contribution in [0.2, 0.25) is 0 Å². The number of hydrogen-bond acceptors (Lipinski definition) is 3. The lowest BCUT2D eigenvalue weighted by atomic mass is 10.1. The molecule has 0 aromatic rings. The number of aliphatic carboxylic acids is 1. The largest absolute Gasteiger partial charge is 0.480 e. The molecule has 0 aromatic heterocycles. The van der Waals surface area contributed by atoms with Crippen LogP contribution in [0.15, 0.2) is 0 Å². The highest BCUT2D eigenvalue weighted by atomic mass is 16.4. The summed E-state index contributed by atoms with van der Waals surface area (Å²) in [6, 6.07) is -1.05. The summed E-state index contributed by atoms with van der Waals surface area (Å²) in [5.41, 5.74) is 5.71. The van der Waals surface area contributed by atoms with Crippen molar-refractivity contribution in [3.8, 4) is 0 Å². The zero-order valence-corrected chi connectivity index (χ0v) is 8.56. The van der Waals surface area contributed by atoms with Gasteiger partial charge in [-0.25, -0.2) is 4.79 Å². The molecule has 0 aromatic carbocycles. The average Bonchev–Trinajstić information content (AvgIpc) is 2.55. The van der Waals surface area contributed by atoms with Gasteiger partial charge in [0.2, 0.25) is 5.91 Å². The molecule has 0 radical (unpaired) electrons. The van der Waals surface area contributed by atoms with Crippen molar-refractivity contribution in [1.29, 1.82) is 0 Å². The first kappa shape index (κ1) is 10.4. The Morgan fingerprint density at radius 1 is 1.33 bits per heavy atom. The fourth-order valence-electron chi connectivity index (χ4n) is 2.63. The average molecular weight is 212 g/mol. The Morgan fingerprint density at radius 2 is 2.07 bits per heavy atom. The number of amides is 1. The van der Waals surface area contributed by atoms with E-state index >= 15 is 0 Å². The highest BCUT2D eigenvalue weighted by Gasteiger charge is 2.43. The normalized spacial score (nSPS) is 36.2. The zero-order valence-electron chi connectivity index (χ0n) is 8.56. The third-order valence-corrected chi connectivity index (χ3v) is 3.41. The number of nitrogens with two attached hydrogens (primary N) is 1. The van der Waals surface area contributed by atoms with Crippen LogP contribution in [0.1, 0.15) is 32.1 Å². The van der Waals surface area contributed by atoms with Crippen LogP contribution in [0.25, 0.3) is 0 Å². The van der Waals surface area contributed by atoms with E-state index in [1.165, 1.54) is 4.90 Å². The zero-order chi connectivity index (χ0) is 11.0. The Kier molecular flexibility index (Phi) is 2.65. The topological polar surface area (TPSA) is 83.6 Å². The molecule has 2 aliphatic rings. The van der Waals surface area contributed by atoms with Gasteiger partial charge in [-0.15, -0.1) is 0 Å². The van der Waals surface area contributed by atoms with Crippen LogP contribution in [0.3, 0.4) is 0 Å². The number of nitrogens with zero attached hydrogens (tertiary/aromatic N) is 1. The van der Waals surface area contributed by atoms with E-state index in [4.69, 9.17) is 10.8 Å². The summed E-state index contributed by atoms with van der Waals surface area (Å²) < 4.78 is 0. The van der Waals surface area contributed by atoms with E-state index in [-0.39, 0.29) is 11.9 Å². The van der Waals surface area contributed by atoms with Crippen molar-refractivity contribution in [3.63, 3.8) is 0 Å². The fourth-order valence-corrected chi connectivity index (χ4v) is 2.63. The summed E-state index contributed by atoms with van der Waals surface area (Å²) in [6.45, 7) is 0. The Hall–Kier alpha value is -1.10. The molecule has 0 spiro atoms. The minimum Gasteiger partial charge on any atom is -0.480 e. The van der Waals surface area contributed by atoms with E-state index in [1.807, 2.05) is 0 Å². The van der Waals surface area contributed by atoms with Gasteiger partial charge in [0.1, 0.15) is 6.04 Å². The number of hydrogen-bond donors (Lipinski definition) is 2. The standard InChI is InChI=1S/C10H16N2O3/c11-7-3-1-2-6-4-5-8(10(14)15)12(6)9(7)13/h6-8H,1-5,11H2,(H,14,15). The van der Waals surface area contributed by atoms with Gasteiger partial charge >= 0.3 is 5.97 Å². The van der Waals surface area contributed by atoms with E-state index in [9.17, 15) is 9.59 Å². The SMILES string of the molecule is NC1CCCC2CCC(C(=O)O)N2C1=O. The number of rotatable bonds is 1. The molecule has 84 valence electrons. The maximum absolute atomic E-state index is 11.9. The molecule has 0 saturated carbocycles. The molecule has 15 heavy (non-hydrogen) atoms. The van der Waals surface area contributed by atoms with Crippen molar-refractivity contribution in [1.82, 2.24) is 4.90 Å². The van der Waals surface area contributed by atoms with Gasteiger partial charge in [0.25, 0.3) is 0 Å². The number of carboxylic acid groups (broad SMARTS) is 1. The van der Waals surface area contributed by atoms with Crippen LogP contribution < -0.4 is 5.73 Å². The minimum absolute atomic E-state index is 0.104. The second-order valence-electron chi connectivity index (χ2n) is 4.37. The number of carbonyl (C=O) groups is 2. The van der Waals surface area contributed by atoms with Crippen molar-refractivity contribution >= 4 is 11.9 Å². The quantitative estimate of drug-likeness (QED) is 0.638. The van der Waals surface area contributed by atoms with Gasteiger partial charge in [-0.05, 0) is 32.1 Å². The first-order valence-electron chi connectivity index (χ1n) is 5.42. The summed E-state index contributed by atoms with van der Waals surface area (Å²) in [4.78, 5) is 24.4. The molecule has 2 heterocycles. The second-order valence-corrected chi connectivity index (χ2v) is 4.37. The molecule has 2 saturated heterocycles. The third-order valence-electron chi connectivity index (χ3n) is 3.41. The maximum Gasteiger partial charge on any atom is 0.326 e. The van der Waals surface area contributed by atoms with E-state index < -0.39 is 18.1 Å². The van der Waals surface area contributed by atoms with Gasteiger partial charge < -0.3 is 15.7 Å². The summed E-state index contributed by atoms with van der Waals surface area (Å²) in [7, 11) is 0. The highest BCUT2D eigenvalue weighted by Crippen LogP contribution is 2.31. The summed E-state index contributed by atoms with van der Waals surface area (Å²) in [6.07, 6.45) is 3.86. The maximum atomic E-state index is 11.9. The molecule has 5 nitrogen and oxygen atoms in total. The van der Waals surface area contributed by atoms with Crippen molar-refractivity contribution in [2.24, 2.45) is 5.73 Å². The Morgan fingerprint density at radius 3 is 2.73 bits per heavy atom. The molecule has 3 atom stereocenters. The van der Waals surface area contributed by atoms with Gasteiger partial charge in [0.05, 0.1) is 6.04 Å². The Balaban J connectivity index is 2.23. The van der Waals surface area contributed by atoms with Gasteiger partial charge in [0, 0.05) is 6.04 Å². The van der Waals surface area contributed by atoms with Crippen molar-refractivity contribution < 1.29 is 14.7 Å². The Labute approximate surface area is 88.2 Å². The summed E-state index contributed by atoms with van der Waals surface area (Å²) >= 11 is 0. The molecule has 2 aliphatic heterocycles. The summed E-state index contributed by atoms with van der Waals surface area (Å²) in [5.74, 6) is -1.08. The first-order valence-corrected chi connectivity index (χ1v) is 5.42. The predicted octanol–water partition coefficient (Wildman–Crippen LogP) is -0.0582. The molecule has 3 N–H and O–H groups in total.